The number of anilines is 1. The fourth-order valence-corrected chi connectivity index (χ4v) is 5.39. The molecule has 4 aromatic rings. The molecule has 3 heterocycles. The molecule has 2 N–H and O–H groups in total. The van der Waals surface area contributed by atoms with Crippen LogP contribution in [0.2, 0.25) is 5.02 Å². The number of fused-ring (bicyclic) bond motifs is 1. The maximum absolute atomic E-state index is 11.6. The molecular formula is C26H28ClN5O2S. The van der Waals surface area contributed by atoms with E-state index in [1.807, 2.05) is 31.3 Å². The second-order valence-electron chi connectivity index (χ2n) is 8.85. The summed E-state index contributed by atoms with van der Waals surface area (Å²) in [4.78, 5) is 7.02. The van der Waals surface area contributed by atoms with Gasteiger partial charge in [-0.1, -0.05) is 41.9 Å². The van der Waals surface area contributed by atoms with Crippen molar-refractivity contribution in [1.29, 1.82) is 0 Å². The van der Waals surface area contributed by atoms with Gasteiger partial charge in [-0.05, 0) is 41.0 Å². The minimum atomic E-state index is -3.29. The van der Waals surface area contributed by atoms with Gasteiger partial charge >= 0.3 is 0 Å². The first kappa shape index (κ1) is 23.8. The molecule has 1 aliphatic heterocycles. The molecule has 0 atom stereocenters. The van der Waals surface area contributed by atoms with Crippen molar-refractivity contribution in [2.75, 3.05) is 37.3 Å². The number of nitrogens with one attached hydrogen (secondary N) is 2. The zero-order chi connectivity index (χ0) is 24.6. The van der Waals surface area contributed by atoms with Crippen molar-refractivity contribution in [3.8, 4) is 22.4 Å². The fraction of sp³-hybridized carbons (Fsp3) is 0.269. The smallest absolute Gasteiger partial charge is 0.209 e. The van der Waals surface area contributed by atoms with Gasteiger partial charge in [-0.2, -0.15) is 0 Å². The van der Waals surface area contributed by atoms with Gasteiger partial charge < -0.3 is 14.8 Å². The Balaban J connectivity index is 1.63. The van der Waals surface area contributed by atoms with Crippen molar-refractivity contribution >= 4 is 38.3 Å². The van der Waals surface area contributed by atoms with Crippen LogP contribution in [0.1, 0.15) is 5.56 Å². The molecule has 0 unspecified atom stereocenters. The molecule has 1 fully saturated rings. The van der Waals surface area contributed by atoms with Crippen LogP contribution in [0.3, 0.4) is 0 Å². The molecular weight excluding hydrogens is 482 g/mol. The van der Waals surface area contributed by atoms with E-state index in [-0.39, 0.29) is 6.54 Å². The van der Waals surface area contributed by atoms with Crippen molar-refractivity contribution < 1.29 is 8.42 Å². The van der Waals surface area contributed by atoms with Gasteiger partial charge in [0, 0.05) is 62.6 Å². The van der Waals surface area contributed by atoms with Crippen LogP contribution < -0.4 is 14.9 Å². The van der Waals surface area contributed by atoms with Gasteiger partial charge in [-0.3, -0.25) is 0 Å². The molecule has 1 saturated heterocycles. The molecule has 0 spiro atoms. The summed E-state index contributed by atoms with van der Waals surface area (Å²) >= 11 is 6.71. The first-order chi connectivity index (χ1) is 16.8. The van der Waals surface area contributed by atoms with Gasteiger partial charge in [0.25, 0.3) is 0 Å². The number of piperazine rings is 1. The lowest BCUT2D eigenvalue weighted by atomic mass is 9.97. The number of hydrogen-bond acceptors (Lipinski definition) is 5. The summed E-state index contributed by atoms with van der Waals surface area (Å²) in [6, 6.07) is 18.3. The molecule has 0 aliphatic carbocycles. The average Bonchev–Trinajstić information content (AvgIpc) is 3.17. The first-order valence-electron chi connectivity index (χ1n) is 11.5. The van der Waals surface area contributed by atoms with E-state index in [2.05, 4.69) is 48.8 Å². The van der Waals surface area contributed by atoms with E-state index < -0.39 is 10.0 Å². The number of benzene rings is 2. The Morgan fingerprint density at radius 2 is 1.80 bits per heavy atom. The van der Waals surface area contributed by atoms with Crippen LogP contribution in [0.4, 0.5) is 5.69 Å². The number of pyridine rings is 1. The molecule has 2 aromatic heterocycles. The number of hydrogen-bond donors (Lipinski definition) is 2. The lowest BCUT2D eigenvalue weighted by Gasteiger charge is -2.29. The SMILES string of the molecule is Cn1c(-c2ccc(N3CCNCC3)cc2)c(-c2cccc(CNS(C)(=O)=O)c2)c2c(Cl)ccnc21. The van der Waals surface area contributed by atoms with Crippen LogP contribution in [0.25, 0.3) is 33.4 Å². The summed E-state index contributed by atoms with van der Waals surface area (Å²) in [6.07, 6.45) is 2.88. The molecule has 35 heavy (non-hydrogen) atoms. The Labute approximate surface area is 210 Å². The highest BCUT2D eigenvalue weighted by atomic mass is 35.5. The van der Waals surface area contributed by atoms with Crippen molar-refractivity contribution in [2.24, 2.45) is 7.05 Å². The first-order valence-corrected chi connectivity index (χ1v) is 13.8. The van der Waals surface area contributed by atoms with E-state index in [4.69, 9.17) is 11.6 Å². The van der Waals surface area contributed by atoms with Crippen LogP contribution in [0.15, 0.2) is 60.8 Å². The van der Waals surface area contributed by atoms with Gasteiger partial charge in [0.2, 0.25) is 10.0 Å². The Kier molecular flexibility index (Phi) is 6.55. The standard InChI is InChI=1S/C26H28ClN5O2S/c1-31-25(19-6-8-21(9-7-19)32-14-12-28-13-15-32)23(24-22(27)10-11-29-26(24)31)20-5-3-4-18(16-20)17-30-35(2,33)34/h3-11,16,28,30H,12-15,17H2,1-2H3. The van der Waals surface area contributed by atoms with Crippen molar-refractivity contribution in [1.82, 2.24) is 19.6 Å². The number of aromatic nitrogens is 2. The van der Waals surface area contributed by atoms with E-state index in [1.165, 1.54) is 5.69 Å². The zero-order valence-corrected chi connectivity index (χ0v) is 21.3. The number of sulfonamides is 1. The lowest BCUT2D eigenvalue weighted by Crippen LogP contribution is -2.43. The molecule has 182 valence electrons. The molecule has 9 heteroatoms. The summed E-state index contributed by atoms with van der Waals surface area (Å²) in [5, 5.41) is 4.90. The zero-order valence-electron chi connectivity index (χ0n) is 19.8. The number of aryl methyl sites for hydroxylation is 1. The fourth-order valence-electron chi connectivity index (χ4n) is 4.73. The molecule has 0 radical (unpaired) electrons. The largest absolute Gasteiger partial charge is 0.369 e. The minimum absolute atomic E-state index is 0.220. The van der Waals surface area contributed by atoms with Crippen LogP contribution in [-0.4, -0.2) is 50.4 Å². The van der Waals surface area contributed by atoms with Gasteiger partial charge in [0.1, 0.15) is 5.65 Å². The van der Waals surface area contributed by atoms with Crippen LogP contribution in [0, 0.1) is 0 Å². The highest BCUT2D eigenvalue weighted by Gasteiger charge is 2.22. The van der Waals surface area contributed by atoms with E-state index in [0.717, 1.165) is 71.4 Å². The summed E-state index contributed by atoms with van der Waals surface area (Å²) in [6.45, 7) is 4.19. The number of rotatable bonds is 6. The van der Waals surface area contributed by atoms with E-state index in [1.54, 1.807) is 12.3 Å². The van der Waals surface area contributed by atoms with Crippen LogP contribution in [-0.2, 0) is 23.6 Å². The van der Waals surface area contributed by atoms with Crippen molar-refractivity contribution in [2.45, 2.75) is 6.54 Å². The van der Waals surface area contributed by atoms with Crippen LogP contribution in [0.5, 0.6) is 0 Å². The second-order valence-corrected chi connectivity index (χ2v) is 11.1. The van der Waals surface area contributed by atoms with Crippen LogP contribution >= 0.6 is 11.6 Å². The van der Waals surface area contributed by atoms with E-state index in [0.29, 0.717) is 5.02 Å². The highest BCUT2D eigenvalue weighted by Crippen LogP contribution is 2.43. The predicted octanol–water partition coefficient (Wildman–Crippen LogP) is 4.02. The lowest BCUT2D eigenvalue weighted by molar-refractivity contribution is 0.587. The van der Waals surface area contributed by atoms with Crippen molar-refractivity contribution in [3.63, 3.8) is 0 Å². The van der Waals surface area contributed by atoms with Gasteiger partial charge in [0.15, 0.2) is 0 Å². The number of halogens is 1. The van der Waals surface area contributed by atoms with E-state index >= 15 is 0 Å². The third-order valence-electron chi connectivity index (χ3n) is 6.40. The molecule has 0 amide bonds. The maximum atomic E-state index is 11.6. The Morgan fingerprint density at radius 3 is 2.51 bits per heavy atom. The van der Waals surface area contributed by atoms with Gasteiger partial charge in [0.05, 0.1) is 17.0 Å². The Morgan fingerprint density at radius 1 is 1.06 bits per heavy atom. The molecule has 5 rings (SSSR count). The summed E-state index contributed by atoms with van der Waals surface area (Å²) in [5.41, 5.74) is 6.89. The highest BCUT2D eigenvalue weighted by molar-refractivity contribution is 7.88. The summed E-state index contributed by atoms with van der Waals surface area (Å²) < 4.78 is 27.9. The van der Waals surface area contributed by atoms with Gasteiger partial charge in [-0.15, -0.1) is 0 Å². The molecule has 2 aromatic carbocycles. The second kappa shape index (κ2) is 9.62. The van der Waals surface area contributed by atoms with Crippen molar-refractivity contribution in [3.05, 3.63) is 71.4 Å². The maximum Gasteiger partial charge on any atom is 0.209 e. The van der Waals surface area contributed by atoms with Gasteiger partial charge in [-0.25, -0.2) is 18.1 Å². The Hall–Kier alpha value is -2.91. The third kappa shape index (κ3) is 4.92. The summed E-state index contributed by atoms with van der Waals surface area (Å²) in [5.74, 6) is 0. The normalized spacial score (nSPS) is 14.5. The minimum Gasteiger partial charge on any atom is -0.369 e. The quantitative estimate of drug-likeness (QED) is 0.410. The summed E-state index contributed by atoms with van der Waals surface area (Å²) in [7, 11) is -1.29. The third-order valence-corrected chi connectivity index (χ3v) is 7.38. The number of nitrogens with zero attached hydrogens (tertiary/aromatic N) is 3. The average molecular weight is 510 g/mol. The van der Waals surface area contributed by atoms with E-state index in [9.17, 15) is 8.42 Å². The topological polar surface area (TPSA) is 79.3 Å². The molecule has 0 saturated carbocycles. The molecule has 7 nitrogen and oxygen atoms in total. The monoisotopic (exact) mass is 509 g/mol. The predicted molar refractivity (Wildman–Crippen MR) is 143 cm³/mol. The molecule has 0 bridgehead atoms. The Bertz CT molecular complexity index is 1480. The molecule has 1 aliphatic rings.